The molecule has 1 aliphatic rings. The summed E-state index contributed by atoms with van der Waals surface area (Å²) < 4.78 is 0. The van der Waals surface area contributed by atoms with Gasteiger partial charge in [-0.25, -0.2) is 0 Å². The molecule has 0 heterocycles. The molecule has 0 aromatic heterocycles. The Kier molecular flexibility index (Phi) is 2.62. The van der Waals surface area contributed by atoms with Crippen LogP contribution in [0.1, 0.15) is 45.2 Å². The summed E-state index contributed by atoms with van der Waals surface area (Å²) in [6.45, 7) is 9.55. The third-order valence-corrected chi connectivity index (χ3v) is 4.17. The summed E-state index contributed by atoms with van der Waals surface area (Å²) in [7, 11) is 0. The van der Waals surface area contributed by atoms with Gasteiger partial charge in [0.2, 0.25) is 0 Å². The largest absolute Gasteiger partial charge is 0.0625 e. The van der Waals surface area contributed by atoms with Gasteiger partial charge in [0.15, 0.2) is 0 Å². The fourth-order valence-corrected chi connectivity index (χ4v) is 3.41. The van der Waals surface area contributed by atoms with Gasteiger partial charge in [0.1, 0.15) is 0 Å². The second-order valence-electron chi connectivity index (χ2n) is 5.77. The molecule has 0 amide bonds. The molecular formula is C15H22. The van der Waals surface area contributed by atoms with E-state index in [2.05, 4.69) is 52.0 Å². The van der Waals surface area contributed by atoms with Crippen LogP contribution >= 0.6 is 0 Å². The molecule has 0 radical (unpaired) electrons. The van der Waals surface area contributed by atoms with E-state index in [4.69, 9.17) is 0 Å². The first-order valence-electron chi connectivity index (χ1n) is 6.12. The molecular weight excluding hydrogens is 180 g/mol. The van der Waals surface area contributed by atoms with Gasteiger partial charge in [-0.15, -0.1) is 0 Å². The smallest absolute Gasteiger partial charge is 0.00700 e. The van der Waals surface area contributed by atoms with Crippen LogP contribution in [0.15, 0.2) is 24.3 Å². The first-order valence-corrected chi connectivity index (χ1v) is 6.12. The molecule has 2 rings (SSSR count). The van der Waals surface area contributed by atoms with Crippen molar-refractivity contribution in [2.24, 2.45) is 11.8 Å². The predicted octanol–water partition coefficient (Wildman–Crippen LogP) is 4.18. The van der Waals surface area contributed by atoms with Crippen LogP contribution in [-0.2, 0) is 11.8 Å². The van der Waals surface area contributed by atoms with Crippen LogP contribution in [-0.4, -0.2) is 0 Å². The van der Waals surface area contributed by atoms with E-state index in [1.54, 1.807) is 11.1 Å². The SMILES string of the molecule is CC(C)C1CCc2ccccc2C1(C)C. The van der Waals surface area contributed by atoms with Crippen LogP contribution in [0.5, 0.6) is 0 Å². The Morgan fingerprint density at radius 2 is 1.87 bits per heavy atom. The lowest BCUT2D eigenvalue weighted by Gasteiger charge is -2.42. The van der Waals surface area contributed by atoms with Crippen molar-refractivity contribution in [3.63, 3.8) is 0 Å². The first kappa shape index (κ1) is 10.7. The number of benzene rings is 1. The molecule has 1 aromatic rings. The van der Waals surface area contributed by atoms with Gasteiger partial charge in [-0.3, -0.25) is 0 Å². The number of hydrogen-bond acceptors (Lipinski definition) is 0. The van der Waals surface area contributed by atoms with Crippen molar-refractivity contribution in [1.82, 2.24) is 0 Å². The summed E-state index contributed by atoms with van der Waals surface area (Å²) in [5.41, 5.74) is 3.50. The molecule has 1 aromatic carbocycles. The Labute approximate surface area is 93.7 Å². The highest BCUT2D eigenvalue weighted by molar-refractivity contribution is 5.36. The molecule has 1 aliphatic carbocycles. The van der Waals surface area contributed by atoms with E-state index in [1.165, 1.54) is 12.8 Å². The van der Waals surface area contributed by atoms with Gasteiger partial charge in [-0.1, -0.05) is 52.0 Å². The molecule has 1 unspecified atom stereocenters. The Bertz CT molecular complexity index is 347. The second-order valence-corrected chi connectivity index (χ2v) is 5.77. The van der Waals surface area contributed by atoms with E-state index in [0.717, 1.165) is 11.8 Å². The van der Waals surface area contributed by atoms with Gasteiger partial charge in [-0.05, 0) is 41.2 Å². The number of rotatable bonds is 1. The molecule has 0 saturated heterocycles. The molecule has 0 heteroatoms. The molecule has 0 fully saturated rings. The van der Waals surface area contributed by atoms with Crippen molar-refractivity contribution < 1.29 is 0 Å². The Balaban J connectivity index is 2.44. The van der Waals surface area contributed by atoms with Crippen LogP contribution in [0.4, 0.5) is 0 Å². The van der Waals surface area contributed by atoms with Crippen LogP contribution in [0.2, 0.25) is 0 Å². The van der Waals surface area contributed by atoms with Crippen molar-refractivity contribution in [1.29, 1.82) is 0 Å². The van der Waals surface area contributed by atoms with Crippen molar-refractivity contribution in [3.05, 3.63) is 35.4 Å². The number of hydrogen-bond donors (Lipinski definition) is 0. The quantitative estimate of drug-likeness (QED) is 0.641. The van der Waals surface area contributed by atoms with Crippen molar-refractivity contribution >= 4 is 0 Å². The lowest BCUT2D eigenvalue weighted by molar-refractivity contribution is 0.209. The van der Waals surface area contributed by atoms with Gasteiger partial charge < -0.3 is 0 Å². The third kappa shape index (κ3) is 1.71. The van der Waals surface area contributed by atoms with Crippen LogP contribution in [0.3, 0.4) is 0 Å². The van der Waals surface area contributed by atoms with Gasteiger partial charge in [-0.2, -0.15) is 0 Å². The van der Waals surface area contributed by atoms with Crippen molar-refractivity contribution in [3.8, 4) is 0 Å². The highest BCUT2D eigenvalue weighted by Gasteiger charge is 2.37. The first-order chi connectivity index (χ1) is 7.03. The summed E-state index contributed by atoms with van der Waals surface area (Å²) >= 11 is 0. The highest BCUT2D eigenvalue weighted by Crippen LogP contribution is 2.44. The standard InChI is InChI=1S/C15H22/c1-11(2)13-10-9-12-7-5-6-8-14(12)15(13,3)4/h5-8,11,13H,9-10H2,1-4H3. The van der Waals surface area contributed by atoms with Crippen LogP contribution in [0.25, 0.3) is 0 Å². The molecule has 15 heavy (non-hydrogen) atoms. The molecule has 0 aliphatic heterocycles. The minimum absolute atomic E-state index is 0.350. The molecule has 0 nitrogen and oxygen atoms in total. The fraction of sp³-hybridized carbons (Fsp3) is 0.600. The average Bonchev–Trinajstić information content (AvgIpc) is 2.17. The third-order valence-electron chi connectivity index (χ3n) is 4.17. The van der Waals surface area contributed by atoms with E-state index in [0.29, 0.717) is 5.41 Å². The maximum atomic E-state index is 2.41. The van der Waals surface area contributed by atoms with E-state index < -0.39 is 0 Å². The summed E-state index contributed by atoms with van der Waals surface area (Å²) in [5.74, 6) is 1.61. The second kappa shape index (κ2) is 3.66. The van der Waals surface area contributed by atoms with E-state index in [9.17, 15) is 0 Å². The van der Waals surface area contributed by atoms with E-state index in [-0.39, 0.29) is 0 Å². The van der Waals surface area contributed by atoms with Gasteiger partial charge in [0, 0.05) is 0 Å². The number of aryl methyl sites for hydroxylation is 1. The summed E-state index contributed by atoms with van der Waals surface area (Å²) in [5, 5.41) is 0. The minimum Gasteiger partial charge on any atom is -0.0625 e. The molecule has 0 bridgehead atoms. The fourth-order valence-electron chi connectivity index (χ4n) is 3.41. The van der Waals surface area contributed by atoms with Crippen molar-refractivity contribution in [2.75, 3.05) is 0 Å². The van der Waals surface area contributed by atoms with Crippen molar-refractivity contribution in [2.45, 2.75) is 46.0 Å². The van der Waals surface area contributed by atoms with Crippen LogP contribution in [0, 0.1) is 11.8 Å². The topological polar surface area (TPSA) is 0 Å². The zero-order valence-electron chi connectivity index (χ0n) is 10.4. The van der Waals surface area contributed by atoms with E-state index in [1.807, 2.05) is 0 Å². The van der Waals surface area contributed by atoms with Gasteiger partial charge in [0.05, 0.1) is 0 Å². The van der Waals surface area contributed by atoms with E-state index >= 15 is 0 Å². The molecule has 0 spiro atoms. The van der Waals surface area contributed by atoms with Gasteiger partial charge in [0.25, 0.3) is 0 Å². The predicted molar refractivity (Wildman–Crippen MR) is 66.1 cm³/mol. The Morgan fingerprint density at radius 3 is 2.53 bits per heavy atom. The maximum Gasteiger partial charge on any atom is -0.00700 e. The monoisotopic (exact) mass is 202 g/mol. The molecule has 0 saturated carbocycles. The minimum atomic E-state index is 0.350. The lowest BCUT2D eigenvalue weighted by atomic mass is 9.62. The maximum absolute atomic E-state index is 2.41. The molecule has 1 atom stereocenters. The Morgan fingerprint density at radius 1 is 1.20 bits per heavy atom. The lowest BCUT2D eigenvalue weighted by Crippen LogP contribution is -2.37. The summed E-state index contributed by atoms with van der Waals surface area (Å²) in [6.07, 6.45) is 2.62. The summed E-state index contributed by atoms with van der Waals surface area (Å²) in [6, 6.07) is 8.98. The normalized spacial score (nSPS) is 23.9. The number of fused-ring (bicyclic) bond motifs is 1. The zero-order valence-corrected chi connectivity index (χ0v) is 10.4. The molecule has 0 N–H and O–H groups in total. The molecule has 82 valence electrons. The van der Waals surface area contributed by atoms with Gasteiger partial charge >= 0.3 is 0 Å². The van der Waals surface area contributed by atoms with Crippen LogP contribution < -0.4 is 0 Å². The summed E-state index contributed by atoms with van der Waals surface area (Å²) in [4.78, 5) is 0. The average molecular weight is 202 g/mol. The Hall–Kier alpha value is -0.780. The zero-order chi connectivity index (χ0) is 11.1. The highest BCUT2D eigenvalue weighted by atomic mass is 14.4.